The summed E-state index contributed by atoms with van der Waals surface area (Å²) in [4.78, 5) is 7.86. The average Bonchev–Trinajstić information content (AvgIpc) is 3.32. The van der Waals surface area contributed by atoms with Gasteiger partial charge in [0, 0.05) is 51.2 Å². The topological polar surface area (TPSA) is 9.72 Å². The van der Waals surface area contributed by atoms with Crippen molar-refractivity contribution in [2.24, 2.45) is 0 Å². The summed E-state index contributed by atoms with van der Waals surface area (Å²) >= 11 is 0. The molecule has 72 heavy (non-hydrogen) atoms. The van der Waals surface area contributed by atoms with Gasteiger partial charge in [0.25, 0.3) is 6.71 Å². The summed E-state index contributed by atoms with van der Waals surface area (Å²) in [6.45, 7) is 38.7. The summed E-state index contributed by atoms with van der Waals surface area (Å²) in [5, 5.41) is 0. The molecule has 0 atom stereocenters. The zero-order chi connectivity index (χ0) is 51.2. The van der Waals surface area contributed by atoms with Gasteiger partial charge in [-0.1, -0.05) is 158 Å². The Morgan fingerprint density at radius 1 is 0.389 bits per heavy atom. The number of fused-ring (bicyclic) bond motifs is 6. The van der Waals surface area contributed by atoms with Crippen molar-refractivity contribution in [1.29, 1.82) is 0 Å². The van der Waals surface area contributed by atoms with Gasteiger partial charge in [-0.15, -0.1) is 0 Å². The van der Waals surface area contributed by atoms with E-state index in [1.807, 2.05) is 0 Å². The minimum absolute atomic E-state index is 0.0256. The first-order valence-corrected chi connectivity index (χ1v) is 27.1. The first-order valence-electron chi connectivity index (χ1n) is 27.1. The molecule has 7 aromatic rings. The molecule has 0 saturated heterocycles. The zero-order valence-corrected chi connectivity index (χ0v) is 46.4. The molecular weight excluding hydrogens is 870 g/mol. The second-order valence-electron chi connectivity index (χ2n) is 27.0. The molecule has 11 rings (SSSR count). The number of hydrogen-bond donors (Lipinski definition) is 0. The van der Waals surface area contributed by atoms with Crippen LogP contribution in [0.1, 0.15) is 167 Å². The standard InChI is InChI=1S/C68H78BN3/c1-43-35-45(63(3,4)5)27-29-56(43)71-59-42-53-51(66(11,12)32-34-68(53,15)16)40-55(59)69-54-39-49(70(47-23-19-17-20-24-47)48-25-21-18-22-26-48)28-30-57(54)72(61-38-46(64(6,7)8)37-60(71)62(61)69)58-41-52-50(36-44(58)2)65(9,10)31-33-67(52,13)14/h17-30,35-42H,31-34H2,1-16H3. The van der Waals surface area contributed by atoms with Gasteiger partial charge in [0.1, 0.15) is 0 Å². The monoisotopic (exact) mass is 948 g/mol. The van der Waals surface area contributed by atoms with E-state index in [-0.39, 0.29) is 39.2 Å². The van der Waals surface area contributed by atoms with Crippen molar-refractivity contribution in [3.63, 3.8) is 0 Å². The van der Waals surface area contributed by atoms with Gasteiger partial charge in [-0.05, 0) is 206 Å². The fraction of sp³-hybridized carbons (Fsp3) is 0.382. The molecule has 7 aromatic carbocycles. The lowest BCUT2D eigenvalue weighted by molar-refractivity contribution is 0.332. The van der Waals surface area contributed by atoms with Crippen LogP contribution in [0, 0.1) is 13.8 Å². The van der Waals surface area contributed by atoms with E-state index in [1.165, 1.54) is 101 Å². The molecule has 0 saturated carbocycles. The van der Waals surface area contributed by atoms with Gasteiger partial charge >= 0.3 is 0 Å². The van der Waals surface area contributed by atoms with Crippen LogP contribution >= 0.6 is 0 Å². The molecule has 0 aromatic heterocycles. The fourth-order valence-corrected chi connectivity index (χ4v) is 13.1. The summed E-state index contributed by atoms with van der Waals surface area (Å²) in [5.41, 5.74) is 26.6. The van der Waals surface area contributed by atoms with E-state index in [4.69, 9.17) is 0 Å². The van der Waals surface area contributed by atoms with Crippen molar-refractivity contribution in [1.82, 2.24) is 0 Å². The molecule has 2 heterocycles. The van der Waals surface area contributed by atoms with Crippen LogP contribution in [0.5, 0.6) is 0 Å². The van der Waals surface area contributed by atoms with Gasteiger partial charge in [-0.2, -0.15) is 0 Å². The van der Waals surface area contributed by atoms with E-state index in [1.54, 1.807) is 0 Å². The summed E-state index contributed by atoms with van der Waals surface area (Å²) < 4.78 is 0. The lowest BCUT2D eigenvalue weighted by atomic mass is 9.33. The van der Waals surface area contributed by atoms with Crippen LogP contribution in [0.25, 0.3) is 0 Å². The van der Waals surface area contributed by atoms with E-state index in [0.717, 1.165) is 36.3 Å². The SMILES string of the molecule is Cc1cc(C(C)(C)C)ccc1N1c2cc3c(cc2B2c4cc(N(c5ccccc5)c5ccccc5)ccc4N(c4cc5c(cc4C)C(C)(C)CCC5(C)C)c4cc(C(C)(C)C)cc1c42)C(C)(C)CCC3(C)C. The smallest absolute Gasteiger partial charge is 0.252 e. The lowest BCUT2D eigenvalue weighted by Gasteiger charge is -2.48. The maximum atomic E-state index is 2.71. The molecule has 0 radical (unpaired) electrons. The van der Waals surface area contributed by atoms with Crippen LogP contribution in [-0.4, -0.2) is 6.71 Å². The Hall–Kier alpha value is -6.00. The second-order valence-corrected chi connectivity index (χ2v) is 27.0. The summed E-state index contributed by atoms with van der Waals surface area (Å²) in [6, 6.07) is 52.3. The Bertz CT molecular complexity index is 3250. The fourth-order valence-electron chi connectivity index (χ4n) is 13.1. The summed E-state index contributed by atoms with van der Waals surface area (Å²) in [7, 11) is 0. The number of benzene rings is 7. The minimum Gasteiger partial charge on any atom is -0.311 e. The number of para-hydroxylation sites is 2. The molecule has 0 N–H and O–H groups in total. The van der Waals surface area contributed by atoms with Crippen LogP contribution < -0.4 is 31.1 Å². The van der Waals surface area contributed by atoms with Gasteiger partial charge in [0.15, 0.2) is 0 Å². The van der Waals surface area contributed by atoms with Gasteiger partial charge in [-0.3, -0.25) is 0 Å². The normalized spacial score (nSPS) is 17.9. The average molecular weight is 948 g/mol. The third-order valence-electron chi connectivity index (χ3n) is 17.9. The van der Waals surface area contributed by atoms with Gasteiger partial charge in [0.2, 0.25) is 0 Å². The highest BCUT2D eigenvalue weighted by atomic mass is 15.2. The van der Waals surface area contributed by atoms with Gasteiger partial charge in [0.05, 0.1) is 0 Å². The van der Waals surface area contributed by atoms with Gasteiger partial charge < -0.3 is 14.7 Å². The molecule has 0 bridgehead atoms. The third-order valence-corrected chi connectivity index (χ3v) is 17.9. The van der Waals surface area contributed by atoms with E-state index in [0.29, 0.717) is 0 Å². The van der Waals surface area contributed by atoms with E-state index >= 15 is 0 Å². The Labute approximate surface area is 433 Å². The molecule has 368 valence electrons. The van der Waals surface area contributed by atoms with Crippen LogP contribution in [0.4, 0.5) is 51.2 Å². The van der Waals surface area contributed by atoms with Gasteiger partial charge in [-0.25, -0.2) is 0 Å². The van der Waals surface area contributed by atoms with Crippen molar-refractivity contribution in [2.45, 2.75) is 169 Å². The molecule has 0 fully saturated rings. The Morgan fingerprint density at radius 2 is 0.819 bits per heavy atom. The third kappa shape index (κ3) is 7.67. The van der Waals surface area contributed by atoms with Crippen LogP contribution in [0.2, 0.25) is 0 Å². The molecule has 0 spiro atoms. The van der Waals surface area contributed by atoms with Crippen molar-refractivity contribution >= 4 is 74.3 Å². The van der Waals surface area contributed by atoms with E-state index in [2.05, 4.69) is 259 Å². The molecule has 4 heteroatoms. The lowest BCUT2D eigenvalue weighted by Crippen LogP contribution is -2.62. The highest BCUT2D eigenvalue weighted by Crippen LogP contribution is 2.54. The van der Waals surface area contributed by atoms with Crippen molar-refractivity contribution < 1.29 is 0 Å². The molecular formula is C68H78BN3. The first-order chi connectivity index (χ1) is 33.8. The first kappa shape index (κ1) is 48.3. The molecule has 0 unspecified atom stereocenters. The summed E-state index contributed by atoms with van der Waals surface area (Å²) in [5.74, 6) is 0. The number of anilines is 9. The predicted octanol–water partition coefficient (Wildman–Crippen LogP) is 17.1. The number of rotatable bonds is 5. The Kier molecular flexibility index (Phi) is 10.9. The Morgan fingerprint density at radius 3 is 1.32 bits per heavy atom. The molecule has 2 aliphatic carbocycles. The molecule has 0 amide bonds. The van der Waals surface area contributed by atoms with Crippen LogP contribution in [0.3, 0.4) is 0 Å². The minimum atomic E-state index is -0.126. The summed E-state index contributed by atoms with van der Waals surface area (Å²) in [6.07, 6.45) is 4.67. The second kappa shape index (κ2) is 16.3. The number of nitrogens with zero attached hydrogens (tertiary/aromatic N) is 3. The maximum absolute atomic E-state index is 2.71. The molecule has 3 nitrogen and oxygen atoms in total. The molecule has 4 aliphatic rings. The number of hydrogen-bond acceptors (Lipinski definition) is 3. The van der Waals surface area contributed by atoms with Crippen molar-refractivity contribution in [3.8, 4) is 0 Å². The highest BCUT2D eigenvalue weighted by Gasteiger charge is 2.48. The largest absolute Gasteiger partial charge is 0.311 e. The van der Waals surface area contributed by atoms with Crippen LogP contribution in [0.15, 0.2) is 133 Å². The number of aryl methyl sites for hydroxylation is 2. The predicted molar refractivity (Wildman–Crippen MR) is 313 cm³/mol. The quantitative estimate of drug-likeness (QED) is 0.159. The van der Waals surface area contributed by atoms with Crippen LogP contribution in [-0.2, 0) is 32.5 Å². The maximum Gasteiger partial charge on any atom is 0.252 e. The zero-order valence-electron chi connectivity index (χ0n) is 46.4. The highest BCUT2D eigenvalue weighted by molar-refractivity contribution is 7.00. The van der Waals surface area contributed by atoms with Crippen molar-refractivity contribution in [3.05, 3.63) is 178 Å². The molecule has 2 aliphatic heterocycles. The van der Waals surface area contributed by atoms with E-state index < -0.39 is 0 Å². The van der Waals surface area contributed by atoms with Crippen molar-refractivity contribution in [2.75, 3.05) is 14.7 Å². The van der Waals surface area contributed by atoms with E-state index in [9.17, 15) is 0 Å². The Balaban J connectivity index is 1.30.